The normalized spacial score (nSPS) is 11.3. The Morgan fingerprint density at radius 1 is 1.03 bits per heavy atom. The number of hydrogen-bond donors (Lipinski definition) is 1. The highest BCUT2D eigenvalue weighted by Crippen LogP contribution is 2.26. The molecule has 0 aliphatic heterocycles. The summed E-state index contributed by atoms with van der Waals surface area (Å²) in [4.78, 5) is 27.8. The van der Waals surface area contributed by atoms with Crippen LogP contribution >= 0.6 is 0 Å². The van der Waals surface area contributed by atoms with E-state index in [1.807, 2.05) is 67.6 Å². The molecule has 3 aromatic rings. The van der Waals surface area contributed by atoms with Gasteiger partial charge in [0.15, 0.2) is 0 Å². The van der Waals surface area contributed by atoms with Crippen molar-refractivity contribution in [3.8, 4) is 5.69 Å². The number of nitrogens with one attached hydrogen (secondary N) is 1. The van der Waals surface area contributed by atoms with E-state index in [2.05, 4.69) is 33.0 Å². The fraction of sp³-hybridized carbons (Fsp3) is 0.370. The first-order valence-electron chi connectivity index (χ1n) is 11.5. The Hall–Kier alpha value is -3.41. The van der Waals surface area contributed by atoms with Crippen molar-refractivity contribution < 1.29 is 9.59 Å². The van der Waals surface area contributed by atoms with Gasteiger partial charge in [-0.2, -0.15) is 5.10 Å². The standard InChI is InChI=1S/C27H34N4O2/c1-6-7-17-30(26(33)21-15-13-20(2)14-16-21)19-25(32)28-24-18-23(27(3,4)5)29-31(24)22-11-9-8-10-12-22/h8-16,18H,6-7,17,19H2,1-5H3,(H,28,32). The molecule has 2 amide bonds. The molecule has 33 heavy (non-hydrogen) atoms. The number of hydrogen-bond acceptors (Lipinski definition) is 3. The number of unbranched alkanes of at least 4 members (excludes halogenated alkanes) is 1. The lowest BCUT2D eigenvalue weighted by Crippen LogP contribution is -2.39. The number of aryl methyl sites for hydroxylation is 1. The predicted molar refractivity (Wildman–Crippen MR) is 133 cm³/mol. The zero-order chi connectivity index (χ0) is 24.0. The number of carbonyl (C=O) groups excluding carboxylic acids is 2. The summed E-state index contributed by atoms with van der Waals surface area (Å²) in [5.74, 6) is 0.212. The van der Waals surface area contributed by atoms with Crippen molar-refractivity contribution in [1.82, 2.24) is 14.7 Å². The second-order valence-electron chi connectivity index (χ2n) is 9.41. The maximum absolute atomic E-state index is 13.1. The van der Waals surface area contributed by atoms with E-state index in [0.717, 1.165) is 29.8 Å². The van der Waals surface area contributed by atoms with Gasteiger partial charge in [-0.15, -0.1) is 0 Å². The third kappa shape index (κ3) is 6.31. The molecule has 3 rings (SSSR count). The molecular weight excluding hydrogens is 412 g/mol. The number of carbonyl (C=O) groups is 2. The van der Waals surface area contributed by atoms with Crippen molar-refractivity contribution in [2.24, 2.45) is 0 Å². The van der Waals surface area contributed by atoms with Crippen LogP contribution in [0.15, 0.2) is 60.7 Å². The maximum Gasteiger partial charge on any atom is 0.254 e. The number of aromatic nitrogens is 2. The molecule has 2 aromatic carbocycles. The van der Waals surface area contributed by atoms with Gasteiger partial charge in [0.05, 0.1) is 11.4 Å². The van der Waals surface area contributed by atoms with Crippen molar-refractivity contribution in [2.45, 2.75) is 52.9 Å². The Labute approximate surface area is 196 Å². The summed E-state index contributed by atoms with van der Waals surface area (Å²) in [6.45, 7) is 10.8. The van der Waals surface area contributed by atoms with Gasteiger partial charge in [-0.25, -0.2) is 4.68 Å². The lowest BCUT2D eigenvalue weighted by Gasteiger charge is -2.22. The number of para-hydroxylation sites is 1. The van der Waals surface area contributed by atoms with Gasteiger partial charge in [0.25, 0.3) is 5.91 Å². The number of anilines is 1. The monoisotopic (exact) mass is 446 g/mol. The number of nitrogens with zero attached hydrogens (tertiary/aromatic N) is 3. The highest BCUT2D eigenvalue weighted by molar-refractivity contribution is 5.99. The van der Waals surface area contributed by atoms with Crippen LogP contribution in [0.2, 0.25) is 0 Å². The Morgan fingerprint density at radius 3 is 2.30 bits per heavy atom. The minimum absolute atomic E-state index is 0.0163. The van der Waals surface area contributed by atoms with Gasteiger partial charge in [0, 0.05) is 23.6 Å². The molecule has 0 unspecified atom stereocenters. The molecule has 174 valence electrons. The van der Waals surface area contributed by atoms with Crippen LogP contribution < -0.4 is 5.32 Å². The topological polar surface area (TPSA) is 67.2 Å². The van der Waals surface area contributed by atoms with Crippen molar-refractivity contribution >= 4 is 17.6 Å². The summed E-state index contributed by atoms with van der Waals surface area (Å²) in [6.07, 6.45) is 1.77. The highest BCUT2D eigenvalue weighted by Gasteiger charge is 2.23. The molecule has 6 nitrogen and oxygen atoms in total. The average molecular weight is 447 g/mol. The molecule has 0 radical (unpaired) electrons. The fourth-order valence-electron chi connectivity index (χ4n) is 3.44. The molecule has 1 N–H and O–H groups in total. The summed E-state index contributed by atoms with van der Waals surface area (Å²) < 4.78 is 1.75. The van der Waals surface area contributed by atoms with Crippen LogP contribution in [0, 0.1) is 6.92 Å². The Bertz CT molecular complexity index is 1080. The van der Waals surface area contributed by atoms with Crippen LogP contribution in [0.1, 0.15) is 62.2 Å². The smallest absolute Gasteiger partial charge is 0.254 e. The molecular formula is C27H34N4O2. The van der Waals surface area contributed by atoms with E-state index in [1.54, 1.807) is 9.58 Å². The van der Waals surface area contributed by atoms with E-state index in [0.29, 0.717) is 17.9 Å². The van der Waals surface area contributed by atoms with Crippen LogP contribution in [0.4, 0.5) is 5.82 Å². The van der Waals surface area contributed by atoms with Gasteiger partial charge in [0.1, 0.15) is 12.4 Å². The number of benzene rings is 2. The minimum atomic E-state index is -0.246. The SMILES string of the molecule is CCCCN(CC(=O)Nc1cc(C(C)(C)C)nn1-c1ccccc1)C(=O)c1ccc(C)cc1. The van der Waals surface area contributed by atoms with E-state index in [1.165, 1.54) is 0 Å². The molecule has 6 heteroatoms. The molecule has 0 spiro atoms. The molecule has 1 aromatic heterocycles. The van der Waals surface area contributed by atoms with Crippen LogP contribution in [0.5, 0.6) is 0 Å². The molecule has 0 saturated heterocycles. The second kappa shape index (κ2) is 10.5. The van der Waals surface area contributed by atoms with E-state index >= 15 is 0 Å². The van der Waals surface area contributed by atoms with Gasteiger partial charge >= 0.3 is 0 Å². The summed E-state index contributed by atoms with van der Waals surface area (Å²) in [7, 11) is 0. The summed E-state index contributed by atoms with van der Waals surface area (Å²) in [6, 6.07) is 19.1. The number of rotatable bonds is 8. The van der Waals surface area contributed by atoms with Gasteiger partial charge in [-0.05, 0) is 37.6 Å². The quantitative estimate of drug-likeness (QED) is 0.507. The zero-order valence-electron chi connectivity index (χ0n) is 20.3. The van der Waals surface area contributed by atoms with Gasteiger partial charge in [-0.3, -0.25) is 9.59 Å². The van der Waals surface area contributed by atoms with Crippen LogP contribution in [0.25, 0.3) is 5.69 Å². The first kappa shape index (κ1) is 24.2. The Kier molecular flexibility index (Phi) is 7.69. The van der Waals surface area contributed by atoms with Crippen molar-refractivity contribution in [3.63, 3.8) is 0 Å². The van der Waals surface area contributed by atoms with E-state index in [4.69, 9.17) is 5.10 Å². The Balaban J connectivity index is 1.83. The average Bonchev–Trinajstić information content (AvgIpc) is 3.21. The van der Waals surface area contributed by atoms with Crippen molar-refractivity contribution in [3.05, 3.63) is 77.5 Å². The van der Waals surface area contributed by atoms with Crippen molar-refractivity contribution in [1.29, 1.82) is 0 Å². The van der Waals surface area contributed by atoms with Crippen molar-refractivity contribution in [2.75, 3.05) is 18.4 Å². The third-order valence-corrected chi connectivity index (χ3v) is 5.45. The minimum Gasteiger partial charge on any atom is -0.329 e. The van der Waals surface area contributed by atoms with E-state index in [9.17, 15) is 9.59 Å². The lowest BCUT2D eigenvalue weighted by atomic mass is 9.92. The maximum atomic E-state index is 13.1. The fourth-order valence-corrected chi connectivity index (χ4v) is 3.44. The first-order valence-corrected chi connectivity index (χ1v) is 11.5. The second-order valence-corrected chi connectivity index (χ2v) is 9.41. The van der Waals surface area contributed by atoms with Gasteiger partial charge < -0.3 is 10.2 Å². The molecule has 0 fully saturated rings. The Morgan fingerprint density at radius 2 is 1.70 bits per heavy atom. The van der Waals surface area contributed by atoms with E-state index < -0.39 is 0 Å². The molecule has 0 bridgehead atoms. The van der Waals surface area contributed by atoms with Crippen LogP contribution in [0.3, 0.4) is 0 Å². The zero-order valence-corrected chi connectivity index (χ0v) is 20.3. The first-order chi connectivity index (χ1) is 15.7. The molecule has 0 atom stereocenters. The molecule has 0 aliphatic carbocycles. The summed E-state index contributed by atoms with van der Waals surface area (Å²) in [5, 5.41) is 7.74. The van der Waals surface area contributed by atoms with Crippen LogP contribution in [-0.2, 0) is 10.2 Å². The summed E-state index contributed by atoms with van der Waals surface area (Å²) in [5.41, 5.74) is 3.25. The van der Waals surface area contributed by atoms with Crippen LogP contribution in [-0.4, -0.2) is 39.6 Å². The molecule has 1 heterocycles. The van der Waals surface area contributed by atoms with Gasteiger partial charge in [-0.1, -0.05) is 70.0 Å². The summed E-state index contributed by atoms with van der Waals surface area (Å²) >= 11 is 0. The molecule has 0 saturated carbocycles. The third-order valence-electron chi connectivity index (χ3n) is 5.45. The van der Waals surface area contributed by atoms with Gasteiger partial charge in [0.2, 0.25) is 5.91 Å². The largest absolute Gasteiger partial charge is 0.329 e. The van der Waals surface area contributed by atoms with E-state index in [-0.39, 0.29) is 23.8 Å². The lowest BCUT2D eigenvalue weighted by molar-refractivity contribution is -0.116. The number of amides is 2. The highest BCUT2D eigenvalue weighted by atomic mass is 16.2. The molecule has 0 aliphatic rings. The predicted octanol–water partition coefficient (Wildman–Crippen LogP) is 5.36.